The molecule has 0 aromatic carbocycles. The summed E-state index contributed by atoms with van der Waals surface area (Å²) in [5, 5.41) is 9.79. The molecule has 6 heteroatoms. The van der Waals surface area contributed by atoms with Gasteiger partial charge in [-0.1, -0.05) is 12.1 Å². The fourth-order valence-corrected chi connectivity index (χ4v) is 3.21. The summed E-state index contributed by atoms with van der Waals surface area (Å²) in [5.41, 5.74) is 3.08. The molecule has 110 valence electrons. The number of nitrogens with zero attached hydrogens (tertiary/aromatic N) is 4. The Kier molecular flexibility index (Phi) is 3.16. The fraction of sp³-hybridized carbons (Fsp3) is 0.125. The van der Waals surface area contributed by atoms with Gasteiger partial charge in [-0.05, 0) is 23.6 Å². The zero-order valence-electron chi connectivity index (χ0n) is 12.1. The van der Waals surface area contributed by atoms with Gasteiger partial charge < -0.3 is 5.32 Å². The molecule has 4 aromatic heterocycles. The molecule has 4 aromatic rings. The highest BCUT2D eigenvalue weighted by atomic mass is 32.1. The smallest absolute Gasteiger partial charge is 0.139 e. The van der Waals surface area contributed by atoms with Crippen molar-refractivity contribution >= 4 is 22.8 Å². The van der Waals surface area contributed by atoms with Crippen LogP contribution >= 0.6 is 11.3 Å². The van der Waals surface area contributed by atoms with E-state index < -0.39 is 0 Å². The van der Waals surface area contributed by atoms with Gasteiger partial charge in [0.2, 0.25) is 0 Å². The van der Waals surface area contributed by atoms with Crippen LogP contribution in [0.25, 0.3) is 16.2 Å². The van der Waals surface area contributed by atoms with E-state index in [4.69, 9.17) is 4.98 Å². The lowest BCUT2D eigenvalue weighted by Crippen LogP contribution is -2.02. The first-order valence-electron chi connectivity index (χ1n) is 7.03. The molecule has 0 bridgehead atoms. The lowest BCUT2D eigenvalue weighted by molar-refractivity contribution is 0.767. The number of anilines is 1. The summed E-state index contributed by atoms with van der Waals surface area (Å²) in [4.78, 5) is 5.93. The Labute approximate surface area is 131 Å². The van der Waals surface area contributed by atoms with Gasteiger partial charge >= 0.3 is 0 Å². The first kappa shape index (κ1) is 13.1. The molecule has 0 unspecified atom stereocenters. The molecule has 5 nitrogen and oxygen atoms in total. The number of fused-ring (bicyclic) bond motifs is 1. The van der Waals surface area contributed by atoms with E-state index in [9.17, 15) is 0 Å². The summed E-state index contributed by atoms with van der Waals surface area (Å²) < 4.78 is 3.90. The van der Waals surface area contributed by atoms with Crippen LogP contribution in [-0.4, -0.2) is 19.2 Å². The third kappa shape index (κ3) is 2.27. The van der Waals surface area contributed by atoms with Crippen LogP contribution in [0.1, 0.15) is 5.56 Å². The maximum Gasteiger partial charge on any atom is 0.139 e. The van der Waals surface area contributed by atoms with Gasteiger partial charge in [-0.25, -0.2) is 4.98 Å². The predicted molar refractivity (Wildman–Crippen MR) is 89.0 cm³/mol. The fourth-order valence-electron chi connectivity index (χ4n) is 2.50. The summed E-state index contributed by atoms with van der Waals surface area (Å²) in [6, 6.07) is 10.2. The van der Waals surface area contributed by atoms with Crippen LogP contribution in [0.5, 0.6) is 0 Å². The molecule has 4 rings (SSSR count). The Balaban J connectivity index is 1.75. The van der Waals surface area contributed by atoms with Crippen molar-refractivity contribution in [2.45, 2.75) is 6.54 Å². The van der Waals surface area contributed by atoms with Gasteiger partial charge in [0.05, 0.1) is 11.1 Å². The van der Waals surface area contributed by atoms with E-state index in [0.29, 0.717) is 0 Å². The second-order valence-corrected chi connectivity index (χ2v) is 6.04. The molecule has 4 heterocycles. The van der Waals surface area contributed by atoms with Crippen LogP contribution in [0.3, 0.4) is 0 Å². The summed E-state index contributed by atoms with van der Waals surface area (Å²) in [5.74, 6) is 1.02. The number of imidazole rings is 1. The molecule has 0 saturated heterocycles. The van der Waals surface area contributed by atoms with Gasteiger partial charge in [0, 0.05) is 31.5 Å². The van der Waals surface area contributed by atoms with Crippen molar-refractivity contribution < 1.29 is 0 Å². The van der Waals surface area contributed by atoms with Gasteiger partial charge in [0.1, 0.15) is 17.2 Å². The maximum atomic E-state index is 4.76. The number of aromatic nitrogens is 4. The molecule has 0 aliphatic carbocycles. The van der Waals surface area contributed by atoms with Gasteiger partial charge in [-0.15, -0.1) is 11.3 Å². The standard InChI is InChI=1S/C16H15N5S/c1-20-11-12(10-18-20)9-17-16-15(13-5-4-8-22-13)19-14-6-2-3-7-21(14)16/h2-8,10-11,17H,9H2,1H3. The van der Waals surface area contributed by atoms with Crippen LogP contribution in [0.2, 0.25) is 0 Å². The number of aryl methyl sites for hydroxylation is 1. The van der Waals surface area contributed by atoms with Crippen molar-refractivity contribution in [3.05, 3.63) is 59.9 Å². The molecular weight excluding hydrogens is 294 g/mol. The predicted octanol–water partition coefficient (Wildman–Crippen LogP) is 3.41. The Morgan fingerprint density at radius 3 is 2.95 bits per heavy atom. The van der Waals surface area contributed by atoms with Crippen LogP contribution in [0.15, 0.2) is 54.3 Å². The highest BCUT2D eigenvalue weighted by Crippen LogP contribution is 2.32. The third-order valence-electron chi connectivity index (χ3n) is 3.50. The number of pyridine rings is 1. The van der Waals surface area contributed by atoms with Crippen LogP contribution in [-0.2, 0) is 13.6 Å². The topological polar surface area (TPSA) is 47.2 Å². The molecule has 0 aliphatic heterocycles. The molecular formula is C16H15N5S. The molecule has 0 spiro atoms. The normalized spacial score (nSPS) is 11.1. The highest BCUT2D eigenvalue weighted by Gasteiger charge is 2.14. The van der Waals surface area contributed by atoms with Gasteiger partial charge in [0.25, 0.3) is 0 Å². The Bertz CT molecular complexity index is 904. The van der Waals surface area contributed by atoms with E-state index in [1.54, 1.807) is 11.3 Å². The average Bonchev–Trinajstić information content (AvgIpc) is 3.24. The van der Waals surface area contributed by atoms with Crippen molar-refractivity contribution in [3.8, 4) is 10.6 Å². The van der Waals surface area contributed by atoms with E-state index in [-0.39, 0.29) is 0 Å². The van der Waals surface area contributed by atoms with Crippen LogP contribution in [0, 0.1) is 0 Å². The zero-order valence-corrected chi connectivity index (χ0v) is 12.9. The summed E-state index contributed by atoms with van der Waals surface area (Å²) in [6.45, 7) is 0.717. The van der Waals surface area contributed by atoms with Gasteiger partial charge in [-0.3, -0.25) is 9.08 Å². The molecule has 0 fully saturated rings. The Morgan fingerprint density at radius 2 is 2.18 bits per heavy atom. The van der Waals surface area contributed by atoms with Crippen molar-refractivity contribution in [1.29, 1.82) is 0 Å². The lowest BCUT2D eigenvalue weighted by Gasteiger charge is -2.06. The minimum absolute atomic E-state index is 0.717. The first-order valence-corrected chi connectivity index (χ1v) is 7.91. The summed E-state index contributed by atoms with van der Waals surface area (Å²) >= 11 is 1.70. The third-order valence-corrected chi connectivity index (χ3v) is 4.38. The number of hydrogen-bond acceptors (Lipinski definition) is 4. The van der Waals surface area contributed by atoms with E-state index in [1.807, 2.05) is 48.5 Å². The highest BCUT2D eigenvalue weighted by molar-refractivity contribution is 7.13. The minimum Gasteiger partial charge on any atom is -0.365 e. The quantitative estimate of drug-likeness (QED) is 0.628. The SMILES string of the molecule is Cn1cc(CNc2c(-c3cccs3)nc3ccccn23)cn1. The van der Waals surface area contributed by atoms with E-state index in [0.717, 1.165) is 34.1 Å². The van der Waals surface area contributed by atoms with Gasteiger partial charge in [-0.2, -0.15) is 5.10 Å². The Morgan fingerprint density at radius 1 is 1.23 bits per heavy atom. The first-order chi connectivity index (χ1) is 10.8. The molecule has 0 aliphatic rings. The van der Waals surface area contributed by atoms with Crippen molar-refractivity contribution in [3.63, 3.8) is 0 Å². The average molecular weight is 309 g/mol. The molecule has 22 heavy (non-hydrogen) atoms. The Hall–Kier alpha value is -2.60. The zero-order chi connectivity index (χ0) is 14.9. The number of thiophene rings is 1. The molecule has 0 saturated carbocycles. The summed E-state index contributed by atoms with van der Waals surface area (Å²) in [7, 11) is 1.93. The van der Waals surface area contributed by atoms with E-state index in [2.05, 4.69) is 32.3 Å². The van der Waals surface area contributed by atoms with E-state index in [1.165, 1.54) is 0 Å². The molecule has 0 amide bonds. The van der Waals surface area contributed by atoms with Crippen LogP contribution in [0.4, 0.5) is 5.82 Å². The second-order valence-electron chi connectivity index (χ2n) is 5.09. The van der Waals surface area contributed by atoms with Crippen LogP contribution < -0.4 is 5.32 Å². The number of nitrogens with one attached hydrogen (secondary N) is 1. The van der Waals surface area contributed by atoms with Crippen molar-refractivity contribution in [2.24, 2.45) is 7.05 Å². The van der Waals surface area contributed by atoms with Gasteiger partial charge in [0.15, 0.2) is 0 Å². The van der Waals surface area contributed by atoms with Crippen molar-refractivity contribution in [1.82, 2.24) is 19.2 Å². The van der Waals surface area contributed by atoms with E-state index >= 15 is 0 Å². The monoisotopic (exact) mass is 309 g/mol. The van der Waals surface area contributed by atoms with Crippen molar-refractivity contribution in [2.75, 3.05) is 5.32 Å². The number of hydrogen-bond donors (Lipinski definition) is 1. The second kappa shape index (κ2) is 5.31. The molecule has 1 N–H and O–H groups in total. The lowest BCUT2D eigenvalue weighted by atomic mass is 10.3. The maximum absolute atomic E-state index is 4.76. The minimum atomic E-state index is 0.717. The number of rotatable bonds is 4. The molecule has 0 atom stereocenters. The summed E-state index contributed by atoms with van der Waals surface area (Å²) in [6.07, 6.45) is 5.92. The largest absolute Gasteiger partial charge is 0.365 e. The molecule has 0 radical (unpaired) electrons.